The molecule has 0 spiro atoms. The molecule has 0 aliphatic rings. The molecule has 1 aromatic carbocycles. The molecule has 0 saturated carbocycles. The third-order valence-corrected chi connectivity index (χ3v) is 4.08. The van der Waals surface area contributed by atoms with E-state index in [1.807, 2.05) is 51.1 Å². The zero-order valence-corrected chi connectivity index (χ0v) is 13.0. The molecule has 0 bridgehead atoms. The van der Waals surface area contributed by atoms with Crippen molar-refractivity contribution in [3.63, 3.8) is 0 Å². The first-order valence-corrected chi connectivity index (χ1v) is 7.41. The van der Waals surface area contributed by atoms with Crippen LogP contribution in [0.15, 0.2) is 54.9 Å². The molecule has 0 amide bonds. The zero-order valence-electron chi connectivity index (χ0n) is 13.0. The largest absolute Gasteiger partial charge is 0.389 e. The van der Waals surface area contributed by atoms with Crippen LogP contribution in [0.3, 0.4) is 0 Å². The lowest BCUT2D eigenvalue weighted by Crippen LogP contribution is -2.43. The molecular formula is C18H24N2O. The average Bonchev–Trinajstić information content (AvgIpc) is 2.49. The Morgan fingerprint density at radius 3 is 2.19 bits per heavy atom. The van der Waals surface area contributed by atoms with Crippen molar-refractivity contribution in [1.82, 2.24) is 10.3 Å². The molecule has 2 N–H and O–H groups in total. The molecule has 0 aliphatic carbocycles. The predicted octanol–water partition coefficient (Wildman–Crippen LogP) is 3.17. The molecule has 3 nitrogen and oxygen atoms in total. The summed E-state index contributed by atoms with van der Waals surface area (Å²) >= 11 is 0. The number of aromatic nitrogens is 1. The fraction of sp³-hybridized carbons (Fsp3) is 0.389. The monoisotopic (exact) mass is 284 g/mol. The molecule has 0 fully saturated rings. The van der Waals surface area contributed by atoms with Crippen LogP contribution in [-0.2, 0) is 0 Å². The van der Waals surface area contributed by atoms with Gasteiger partial charge in [-0.3, -0.25) is 4.98 Å². The lowest BCUT2D eigenvalue weighted by molar-refractivity contribution is 0.0127. The number of rotatable bonds is 6. The number of pyridine rings is 1. The van der Waals surface area contributed by atoms with Crippen molar-refractivity contribution in [3.05, 3.63) is 66.0 Å². The Morgan fingerprint density at radius 2 is 1.62 bits per heavy atom. The third-order valence-electron chi connectivity index (χ3n) is 4.08. The van der Waals surface area contributed by atoms with Crippen LogP contribution < -0.4 is 5.32 Å². The second kappa shape index (κ2) is 6.83. The Hall–Kier alpha value is -1.71. The number of nitrogens with zero attached hydrogens (tertiary/aromatic N) is 1. The van der Waals surface area contributed by atoms with Gasteiger partial charge in [0.05, 0.1) is 11.6 Å². The van der Waals surface area contributed by atoms with Gasteiger partial charge in [-0.1, -0.05) is 44.2 Å². The maximum absolute atomic E-state index is 10.5. The van der Waals surface area contributed by atoms with Crippen LogP contribution in [0.4, 0.5) is 0 Å². The summed E-state index contributed by atoms with van der Waals surface area (Å²) in [6.07, 6.45) is 3.60. The summed E-state index contributed by atoms with van der Waals surface area (Å²) in [5.74, 6) is 0.193. The first-order chi connectivity index (χ1) is 10.0. The molecule has 3 heteroatoms. The second-order valence-electron chi connectivity index (χ2n) is 6.02. The van der Waals surface area contributed by atoms with Crippen LogP contribution in [0.2, 0.25) is 0 Å². The van der Waals surface area contributed by atoms with Gasteiger partial charge in [-0.15, -0.1) is 0 Å². The highest BCUT2D eigenvalue weighted by molar-refractivity contribution is 5.30. The highest BCUT2D eigenvalue weighted by Crippen LogP contribution is 2.23. The summed E-state index contributed by atoms with van der Waals surface area (Å²) in [7, 11) is 0. The first kappa shape index (κ1) is 15.7. The van der Waals surface area contributed by atoms with E-state index in [2.05, 4.69) is 22.4 Å². The zero-order chi connectivity index (χ0) is 15.3. The highest BCUT2D eigenvalue weighted by Gasteiger charge is 2.26. The fourth-order valence-electron chi connectivity index (χ4n) is 2.14. The van der Waals surface area contributed by atoms with E-state index in [-0.39, 0.29) is 12.0 Å². The Labute approximate surface area is 127 Å². The van der Waals surface area contributed by atoms with E-state index in [0.29, 0.717) is 6.54 Å². The van der Waals surface area contributed by atoms with E-state index < -0.39 is 5.60 Å². The van der Waals surface area contributed by atoms with E-state index >= 15 is 0 Å². The van der Waals surface area contributed by atoms with Gasteiger partial charge in [0, 0.05) is 18.9 Å². The lowest BCUT2D eigenvalue weighted by Gasteiger charge is -2.31. The highest BCUT2D eigenvalue weighted by atomic mass is 16.3. The quantitative estimate of drug-likeness (QED) is 0.856. The average molecular weight is 284 g/mol. The minimum Gasteiger partial charge on any atom is -0.389 e. The van der Waals surface area contributed by atoms with Gasteiger partial charge < -0.3 is 10.4 Å². The second-order valence-corrected chi connectivity index (χ2v) is 6.02. The van der Waals surface area contributed by atoms with Gasteiger partial charge in [-0.25, -0.2) is 0 Å². The molecule has 21 heavy (non-hydrogen) atoms. The summed E-state index contributed by atoms with van der Waals surface area (Å²) in [6.45, 7) is 6.48. The van der Waals surface area contributed by atoms with Gasteiger partial charge in [-0.2, -0.15) is 0 Å². The topological polar surface area (TPSA) is 45.1 Å². The lowest BCUT2D eigenvalue weighted by atomic mass is 9.91. The van der Waals surface area contributed by atoms with Crippen LogP contribution in [0.1, 0.15) is 37.9 Å². The van der Waals surface area contributed by atoms with Crippen molar-refractivity contribution >= 4 is 0 Å². The number of nitrogens with one attached hydrogen (secondary N) is 1. The smallest absolute Gasteiger partial charge is 0.0766 e. The molecule has 1 heterocycles. The Kier molecular flexibility index (Phi) is 5.10. The molecule has 0 radical (unpaired) electrons. The van der Waals surface area contributed by atoms with Gasteiger partial charge >= 0.3 is 0 Å². The molecule has 0 aliphatic heterocycles. The van der Waals surface area contributed by atoms with Crippen molar-refractivity contribution in [3.8, 4) is 0 Å². The normalized spacial score (nSPS) is 15.7. The molecule has 1 aromatic heterocycles. The molecule has 2 unspecified atom stereocenters. The van der Waals surface area contributed by atoms with E-state index in [1.54, 1.807) is 12.4 Å². The van der Waals surface area contributed by atoms with Gasteiger partial charge in [-0.05, 0) is 36.1 Å². The van der Waals surface area contributed by atoms with E-state index in [1.165, 1.54) is 5.56 Å². The van der Waals surface area contributed by atoms with Crippen molar-refractivity contribution in [2.24, 2.45) is 5.92 Å². The maximum atomic E-state index is 10.5. The first-order valence-electron chi connectivity index (χ1n) is 7.41. The number of aliphatic hydroxyl groups is 1. The van der Waals surface area contributed by atoms with Crippen LogP contribution in [0.5, 0.6) is 0 Å². The predicted molar refractivity (Wildman–Crippen MR) is 86.0 cm³/mol. The van der Waals surface area contributed by atoms with Crippen molar-refractivity contribution in [2.45, 2.75) is 32.4 Å². The Morgan fingerprint density at radius 1 is 1.05 bits per heavy atom. The van der Waals surface area contributed by atoms with E-state index in [9.17, 15) is 5.11 Å². The van der Waals surface area contributed by atoms with Gasteiger partial charge in [0.1, 0.15) is 0 Å². The van der Waals surface area contributed by atoms with Crippen LogP contribution in [-0.4, -0.2) is 22.2 Å². The van der Waals surface area contributed by atoms with E-state index in [4.69, 9.17) is 0 Å². The summed E-state index contributed by atoms with van der Waals surface area (Å²) < 4.78 is 0. The van der Waals surface area contributed by atoms with E-state index in [0.717, 1.165) is 5.56 Å². The summed E-state index contributed by atoms with van der Waals surface area (Å²) in [4.78, 5) is 4.08. The Bertz CT molecular complexity index is 498. The molecule has 2 rings (SSSR count). The van der Waals surface area contributed by atoms with Gasteiger partial charge in [0.25, 0.3) is 0 Å². The minimum absolute atomic E-state index is 0.0550. The Balaban J connectivity index is 2.22. The van der Waals surface area contributed by atoms with Crippen molar-refractivity contribution in [2.75, 3.05) is 6.54 Å². The number of benzene rings is 1. The van der Waals surface area contributed by atoms with Crippen molar-refractivity contribution < 1.29 is 5.11 Å². The van der Waals surface area contributed by atoms with Gasteiger partial charge in [0.2, 0.25) is 0 Å². The number of hydrogen-bond donors (Lipinski definition) is 2. The SMILES string of the molecule is CC(C)C(C)(O)CNC(c1ccccc1)c1ccncc1. The summed E-state index contributed by atoms with van der Waals surface area (Å²) in [5.41, 5.74) is 1.60. The molecule has 2 aromatic rings. The third kappa shape index (κ3) is 4.13. The standard InChI is InChI=1S/C18H24N2O/c1-14(2)18(3,21)13-20-17(15-7-5-4-6-8-15)16-9-11-19-12-10-16/h4-12,14,17,20-21H,13H2,1-3H3. The molecular weight excluding hydrogens is 260 g/mol. The molecule has 112 valence electrons. The molecule has 0 saturated heterocycles. The molecule has 2 atom stereocenters. The van der Waals surface area contributed by atoms with Crippen molar-refractivity contribution in [1.29, 1.82) is 0 Å². The van der Waals surface area contributed by atoms with Crippen LogP contribution in [0.25, 0.3) is 0 Å². The fourth-order valence-corrected chi connectivity index (χ4v) is 2.14. The van der Waals surface area contributed by atoms with Gasteiger partial charge in [0.15, 0.2) is 0 Å². The summed E-state index contributed by atoms with van der Waals surface area (Å²) in [5, 5.41) is 14.0. The van der Waals surface area contributed by atoms with Crippen LogP contribution >= 0.6 is 0 Å². The maximum Gasteiger partial charge on any atom is 0.0766 e. The van der Waals surface area contributed by atoms with Crippen LogP contribution in [0, 0.1) is 5.92 Å². The number of hydrogen-bond acceptors (Lipinski definition) is 3. The minimum atomic E-state index is -0.736. The summed E-state index contributed by atoms with van der Waals surface area (Å²) in [6, 6.07) is 14.3.